The second kappa shape index (κ2) is 6.91. The zero-order valence-electron chi connectivity index (χ0n) is 11.4. The van der Waals surface area contributed by atoms with E-state index in [9.17, 15) is 9.90 Å². The summed E-state index contributed by atoms with van der Waals surface area (Å²) in [6, 6.07) is 7.65. The van der Waals surface area contributed by atoms with Crippen molar-refractivity contribution in [2.24, 2.45) is 0 Å². The summed E-state index contributed by atoms with van der Waals surface area (Å²) in [7, 11) is 0. The lowest BCUT2D eigenvalue weighted by molar-refractivity contribution is 0.0521. The first-order valence-corrected chi connectivity index (χ1v) is 6.94. The molecule has 1 rings (SSSR count). The number of nitrogens with one attached hydrogen (secondary N) is 1. The summed E-state index contributed by atoms with van der Waals surface area (Å²) < 4.78 is 6.13. The molecule has 19 heavy (non-hydrogen) atoms. The van der Waals surface area contributed by atoms with Crippen molar-refractivity contribution in [3.8, 4) is 0 Å². The number of carbonyl (C=O) groups is 1. The van der Waals surface area contributed by atoms with Crippen LogP contribution < -0.4 is 5.32 Å². The van der Waals surface area contributed by atoms with Crippen molar-refractivity contribution in [3.05, 3.63) is 34.3 Å². The third-order valence-electron chi connectivity index (χ3n) is 2.45. The highest BCUT2D eigenvalue weighted by Gasteiger charge is 2.17. The van der Waals surface area contributed by atoms with Gasteiger partial charge in [-0.2, -0.15) is 0 Å². The van der Waals surface area contributed by atoms with E-state index in [1.807, 2.05) is 45.0 Å². The minimum atomic E-state index is -0.517. The number of amides is 1. The SMILES string of the molecule is CC(C)(C)OC(=O)NC[C@H](CO)c1ccc(Br)cc1. The highest BCUT2D eigenvalue weighted by Crippen LogP contribution is 2.18. The molecule has 5 heteroatoms. The number of aliphatic hydroxyl groups excluding tert-OH is 1. The van der Waals surface area contributed by atoms with Crippen LogP contribution in [-0.4, -0.2) is 30.0 Å². The molecule has 4 nitrogen and oxygen atoms in total. The predicted octanol–water partition coefficient (Wildman–Crippen LogP) is 3.05. The third kappa shape index (κ3) is 6.07. The largest absolute Gasteiger partial charge is 0.444 e. The maximum atomic E-state index is 11.5. The van der Waals surface area contributed by atoms with Crippen molar-refractivity contribution in [3.63, 3.8) is 0 Å². The molecule has 1 aromatic carbocycles. The molecule has 1 amide bonds. The summed E-state index contributed by atoms with van der Waals surface area (Å²) in [5, 5.41) is 12.1. The van der Waals surface area contributed by atoms with Crippen LogP contribution in [0.1, 0.15) is 32.3 Å². The fraction of sp³-hybridized carbons (Fsp3) is 0.500. The first-order chi connectivity index (χ1) is 8.81. The molecule has 0 saturated heterocycles. The quantitative estimate of drug-likeness (QED) is 0.892. The Morgan fingerprint density at radius 2 is 1.95 bits per heavy atom. The monoisotopic (exact) mass is 329 g/mol. The average molecular weight is 330 g/mol. The Kier molecular flexibility index (Phi) is 5.82. The van der Waals surface area contributed by atoms with E-state index in [2.05, 4.69) is 21.2 Å². The molecule has 0 radical (unpaired) electrons. The Hall–Kier alpha value is -1.07. The molecule has 0 heterocycles. The molecule has 0 spiro atoms. The van der Waals surface area contributed by atoms with Crippen molar-refractivity contribution in [2.75, 3.05) is 13.2 Å². The van der Waals surface area contributed by atoms with Gasteiger partial charge in [0.1, 0.15) is 5.60 Å². The molecule has 0 aliphatic carbocycles. The van der Waals surface area contributed by atoms with Crippen LogP contribution in [0.25, 0.3) is 0 Å². The molecular weight excluding hydrogens is 310 g/mol. The van der Waals surface area contributed by atoms with Gasteiger partial charge in [-0.05, 0) is 38.5 Å². The summed E-state index contributed by atoms with van der Waals surface area (Å²) in [5.41, 5.74) is 0.456. The molecule has 2 N–H and O–H groups in total. The molecule has 0 aromatic heterocycles. The molecular formula is C14H20BrNO3. The molecule has 0 saturated carbocycles. The highest BCUT2D eigenvalue weighted by molar-refractivity contribution is 9.10. The van der Waals surface area contributed by atoms with Crippen LogP contribution in [-0.2, 0) is 4.74 Å². The molecule has 0 fully saturated rings. The molecule has 0 unspecified atom stereocenters. The van der Waals surface area contributed by atoms with Crippen LogP contribution in [0, 0.1) is 0 Å². The number of alkyl carbamates (subject to hydrolysis) is 1. The van der Waals surface area contributed by atoms with E-state index in [1.54, 1.807) is 0 Å². The second-order valence-corrected chi connectivity index (χ2v) is 6.23. The van der Waals surface area contributed by atoms with Gasteiger partial charge in [-0.15, -0.1) is 0 Å². The van der Waals surface area contributed by atoms with Gasteiger partial charge in [-0.25, -0.2) is 4.79 Å². The second-order valence-electron chi connectivity index (χ2n) is 5.31. The number of ether oxygens (including phenoxy) is 1. The van der Waals surface area contributed by atoms with E-state index in [1.165, 1.54) is 0 Å². The van der Waals surface area contributed by atoms with Crippen molar-refractivity contribution < 1.29 is 14.6 Å². The maximum absolute atomic E-state index is 11.5. The number of aliphatic hydroxyl groups is 1. The summed E-state index contributed by atoms with van der Waals surface area (Å²) >= 11 is 3.36. The fourth-order valence-corrected chi connectivity index (χ4v) is 1.81. The molecule has 106 valence electrons. The Balaban J connectivity index is 2.54. The van der Waals surface area contributed by atoms with E-state index in [-0.39, 0.29) is 12.5 Å². The maximum Gasteiger partial charge on any atom is 0.407 e. The number of benzene rings is 1. The van der Waals surface area contributed by atoms with Gasteiger partial charge in [-0.3, -0.25) is 0 Å². The highest BCUT2D eigenvalue weighted by atomic mass is 79.9. The molecule has 0 aliphatic rings. The van der Waals surface area contributed by atoms with E-state index < -0.39 is 11.7 Å². The lowest BCUT2D eigenvalue weighted by atomic mass is 10.0. The number of carbonyl (C=O) groups excluding carboxylic acids is 1. The minimum absolute atomic E-state index is 0.0303. The van der Waals surface area contributed by atoms with Gasteiger partial charge in [0.25, 0.3) is 0 Å². The molecule has 0 bridgehead atoms. The van der Waals surface area contributed by atoms with Crippen LogP contribution in [0.15, 0.2) is 28.7 Å². The number of hydrogen-bond acceptors (Lipinski definition) is 3. The molecule has 1 atom stereocenters. The number of hydrogen-bond donors (Lipinski definition) is 2. The van der Waals surface area contributed by atoms with Gasteiger partial charge < -0.3 is 15.2 Å². The topological polar surface area (TPSA) is 58.6 Å². The standard InChI is InChI=1S/C14H20BrNO3/c1-14(2,3)19-13(18)16-8-11(9-17)10-4-6-12(15)7-5-10/h4-7,11,17H,8-9H2,1-3H3,(H,16,18)/t11-/m1/s1. The smallest absolute Gasteiger partial charge is 0.407 e. The first kappa shape index (κ1) is 16.0. The zero-order valence-corrected chi connectivity index (χ0v) is 13.0. The molecule has 0 aliphatic heterocycles. The van der Waals surface area contributed by atoms with E-state index >= 15 is 0 Å². The van der Waals surface area contributed by atoms with Crippen LogP contribution in [0.5, 0.6) is 0 Å². The van der Waals surface area contributed by atoms with Gasteiger partial charge in [0, 0.05) is 16.9 Å². The van der Waals surface area contributed by atoms with Crippen LogP contribution in [0.4, 0.5) is 4.79 Å². The van der Waals surface area contributed by atoms with Gasteiger partial charge in [0.15, 0.2) is 0 Å². The average Bonchev–Trinajstić information content (AvgIpc) is 2.29. The summed E-state index contributed by atoms with van der Waals surface area (Å²) in [6.45, 7) is 5.74. The van der Waals surface area contributed by atoms with Gasteiger partial charge in [0.2, 0.25) is 0 Å². The van der Waals surface area contributed by atoms with Crippen LogP contribution in [0.3, 0.4) is 0 Å². The first-order valence-electron chi connectivity index (χ1n) is 6.15. The normalized spacial score (nSPS) is 12.9. The fourth-order valence-electron chi connectivity index (χ4n) is 1.54. The van der Waals surface area contributed by atoms with Crippen molar-refractivity contribution in [1.82, 2.24) is 5.32 Å². The van der Waals surface area contributed by atoms with E-state index in [0.29, 0.717) is 6.54 Å². The zero-order chi connectivity index (χ0) is 14.5. The summed E-state index contributed by atoms with van der Waals surface area (Å²) in [5.74, 6) is -0.138. The van der Waals surface area contributed by atoms with E-state index in [4.69, 9.17) is 4.74 Å². The van der Waals surface area contributed by atoms with E-state index in [0.717, 1.165) is 10.0 Å². The third-order valence-corrected chi connectivity index (χ3v) is 2.98. The molecule has 1 aromatic rings. The van der Waals surface area contributed by atoms with Crippen LogP contribution >= 0.6 is 15.9 Å². The lowest BCUT2D eigenvalue weighted by Gasteiger charge is -2.21. The minimum Gasteiger partial charge on any atom is -0.444 e. The lowest BCUT2D eigenvalue weighted by Crippen LogP contribution is -2.35. The van der Waals surface area contributed by atoms with Crippen molar-refractivity contribution >= 4 is 22.0 Å². The van der Waals surface area contributed by atoms with Gasteiger partial charge in [0.05, 0.1) is 6.61 Å². The number of rotatable bonds is 4. The number of halogens is 1. The summed E-state index contributed by atoms with van der Waals surface area (Å²) in [6.07, 6.45) is -0.469. The van der Waals surface area contributed by atoms with Crippen molar-refractivity contribution in [2.45, 2.75) is 32.3 Å². The Morgan fingerprint density at radius 3 is 2.42 bits per heavy atom. The summed E-state index contributed by atoms with van der Waals surface area (Å²) in [4.78, 5) is 11.5. The Labute approximate surface area is 122 Å². The van der Waals surface area contributed by atoms with Gasteiger partial charge >= 0.3 is 6.09 Å². The Morgan fingerprint density at radius 1 is 1.37 bits per heavy atom. The predicted molar refractivity (Wildman–Crippen MR) is 78.2 cm³/mol. The van der Waals surface area contributed by atoms with Crippen LogP contribution in [0.2, 0.25) is 0 Å². The van der Waals surface area contributed by atoms with Gasteiger partial charge in [-0.1, -0.05) is 28.1 Å². The van der Waals surface area contributed by atoms with Crippen molar-refractivity contribution in [1.29, 1.82) is 0 Å². The Bertz CT molecular complexity index is 412.